The van der Waals surface area contributed by atoms with E-state index in [1.165, 1.54) is 12.1 Å². The van der Waals surface area contributed by atoms with Gasteiger partial charge in [0.25, 0.3) is 0 Å². The van der Waals surface area contributed by atoms with E-state index in [-0.39, 0.29) is 18.3 Å². The number of halogens is 1. The average Bonchev–Trinajstić information content (AvgIpc) is 2.46. The lowest BCUT2D eigenvalue weighted by Crippen LogP contribution is -2.07. The summed E-state index contributed by atoms with van der Waals surface area (Å²) in [5, 5.41) is 19.2. The first-order valence-corrected chi connectivity index (χ1v) is 6.79. The number of hydrogen-bond donors (Lipinski definition) is 1. The predicted molar refractivity (Wildman–Crippen MR) is 79.1 cm³/mol. The Labute approximate surface area is 123 Å². The largest absolute Gasteiger partial charge is 0.392 e. The molecule has 21 heavy (non-hydrogen) atoms. The van der Waals surface area contributed by atoms with Crippen molar-refractivity contribution in [3.8, 4) is 17.2 Å². The van der Waals surface area contributed by atoms with Crippen LogP contribution in [0.4, 0.5) is 4.39 Å². The molecule has 0 spiro atoms. The van der Waals surface area contributed by atoms with Gasteiger partial charge in [0.05, 0.1) is 17.9 Å². The highest BCUT2D eigenvalue weighted by atomic mass is 19.1. The lowest BCUT2D eigenvalue weighted by atomic mass is 9.90. The predicted octanol–water partition coefficient (Wildman–Crippen LogP) is 3.68. The van der Waals surface area contributed by atoms with Crippen molar-refractivity contribution >= 4 is 0 Å². The van der Waals surface area contributed by atoms with E-state index in [9.17, 15) is 14.8 Å². The van der Waals surface area contributed by atoms with Crippen LogP contribution in [0.3, 0.4) is 0 Å². The van der Waals surface area contributed by atoms with Gasteiger partial charge in [-0.2, -0.15) is 5.26 Å². The van der Waals surface area contributed by atoms with Crippen LogP contribution in [-0.2, 0) is 6.61 Å². The summed E-state index contributed by atoms with van der Waals surface area (Å²) in [7, 11) is 0. The molecule has 0 atom stereocenters. The van der Waals surface area contributed by atoms with Gasteiger partial charge < -0.3 is 5.11 Å². The molecule has 1 N–H and O–H groups in total. The standard InChI is InChI=1S/C17H17FN2O/c1-10(2)17-15(9-21)16(14(8-19)11(3)20-17)12-4-6-13(18)7-5-12/h4-7,10,21H,9H2,1-3H3. The summed E-state index contributed by atoms with van der Waals surface area (Å²) in [5.74, 6) is -0.213. The highest BCUT2D eigenvalue weighted by molar-refractivity contribution is 5.75. The van der Waals surface area contributed by atoms with E-state index in [0.29, 0.717) is 27.9 Å². The molecule has 108 valence electrons. The fourth-order valence-corrected chi connectivity index (χ4v) is 2.47. The van der Waals surface area contributed by atoms with Crippen LogP contribution in [-0.4, -0.2) is 10.1 Å². The summed E-state index contributed by atoms with van der Waals surface area (Å²) >= 11 is 0. The number of aliphatic hydroxyl groups is 1. The van der Waals surface area contributed by atoms with E-state index in [2.05, 4.69) is 11.1 Å². The quantitative estimate of drug-likeness (QED) is 0.935. The normalized spacial score (nSPS) is 10.7. The molecule has 1 aromatic heterocycles. The smallest absolute Gasteiger partial charge is 0.123 e. The molecule has 0 saturated heterocycles. The van der Waals surface area contributed by atoms with Gasteiger partial charge in [-0.1, -0.05) is 26.0 Å². The average molecular weight is 284 g/mol. The highest BCUT2D eigenvalue weighted by Gasteiger charge is 2.20. The molecule has 0 fully saturated rings. The van der Waals surface area contributed by atoms with Gasteiger partial charge in [0.15, 0.2) is 0 Å². The summed E-state index contributed by atoms with van der Waals surface area (Å²) in [6, 6.07) is 8.09. The van der Waals surface area contributed by atoms with E-state index in [0.717, 1.165) is 5.69 Å². The van der Waals surface area contributed by atoms with Crippen molar-refractivity contribution in [1.29, 1.82) is 5.26 Å². The zero-order valence-corrected chi connectivity index (χ0v) is 12.3. The summed E-state index contributed by atoms with van der Waals surface area (Å²) < 4.78 is 13.1. The summed E-state index contributed by atoms with van der Waals surface area (Å²) in [6.07, 6.45) is 0. The Hall–Kier alpha value is -2.25. The Morgan fingerprint density at radius 3 is 2.38 bits per heavy atom. The van der Waals surface area contributed by atoms with Gasteiger partial charge >= 0.3 is 0 Å². The van der Waals surface area contributed by atoms with Crippen molar-refractivity contribution in [2.75, 3.05) is 0 Å². The zero-order chi connectivity index (χ0) is 15.6. The second kappa shape index (κ2) is 6.02. The Balaban J connectivity index is 2.84. The van der Waals surface area contributed by atoms with Crippen LogP contribution in [0.5, 0.6) is 0 Å². The molecule has 2 rings (SSSR count). The number of nitrogens with zero attached hydrogens (tertiary/aromatic N) is 2. The molecule has 0 saturated carbocycles. The number of aromatic nitrogens is 1. The first-order chi connectivity index (χ1) is 9.99. The molecule has 4 heteroatoms. The van der Waals surface area contributed by atoms with Crippen LogP contribution < -0.4 is 0 Å². The molecular weight excluding hydrogens is 267 g/mol. The van der Waals surface area contributed by atoms with E-state index in [1.54, 1.807) is 19.1 Å². The minimum absolute atomic E-state index is 0.123. The van der Waals surface area contributed by atoms with Crippen LogP contribution in [0.15, 0.2) is 24.3 Å². The van der Waals surface area contributed by atoms with Gasteiger partial charge in [0, 0.05) is 16.8 Å². The van der Waals surface area contributed by atoms with Crippen molar-refractivity contribution < 1.29 is 9.50 Å². The maximum Gasteiger partial charge on any atom is 0.123 e. The van der Waals surface area contributed by atoms with Crippen molar-refractivity contribution in [3.05, 3.63) is 52.6 Å². The van der Waals surface area contributed by atoms with Crippen LogP contribution in [0, 0.1) is 24.1 Å². The number of aryl methyl sites for hydroxylation is 1. The second-order valence-corrected chi connectivity index (χ2v) is 5.24. The molecule has 3 nitrogen and oxygen atoms in total. The van der Waals surface area contributed by atoms with Crippen molar-refractivity contribution in [2.24, 2.45) is 0 Å². The topological polar surface area (TPSA) is 56.9 Å². The van der Waals surface area contributed by atoms with Gasteiger partial charge in [0.1, 0.15) is 11.9 Å². The first-order valence-electron chi connectivity index (χ1n) is 6.79. The van der Waals surface area contributed by atoms with Crippen molar-refractivity contribution in [1.82, 2.24) is 4.98 Å². The number of rotatable bonds is 3. The molecule has 0 amide bonds. The molecular formula is C17H17FN2O. The third-order valence-electron chi connectivity index (χ3n) is 3.46. The minimum Gasteiger partial charge on any atom is -0.392 e. The Bertz CT molecular complexity index is 700. The molecule has 0 radical (unpaired) electrons. The number of nitriles is 1. The molecule has 0 aliphatic carbocycles. The minimum atomic E-state index is -0.335. The second-order valence-electron chi connectivity index (χ2n) is 5.24. The van der Waals surface area contributed by atoms with Crippen molar-refractivity contribution in [3.63, 3.8) is 0 Å². The van der Waals surface area contributed by atoms with Crippen molar-refractivity contribution in [2.45, 2.75) is 33.3 Å². The third kappa shape index (κ3) is 2.79. The van der Waals surface area contributed by atoms with E-state index in [4.69, 9.17) is 0 Å². The van der Waals surface area contributed by atoms with E-state index in [1.807, 2.05) is 13.8 Å². The molecule has 0 bridgehead atoms. The Kier molecular flexibility index (Phi) is 4.35. The Morgan fingerprint density at radius 2 is 1.90 bits per heavy atom. The summed E-state index contributed by atoms with van der Waals surface area (Å²) in [5.41, 5.74) is 3.82. The van der Waals surface area contributed by atoms with Gasteiger partial charge in [-0.05, 0) is 30.5 Å². The summed E-state index contributed by atoms with van der Waals surface area (Å²) in [6.45, 7) is 5.55. The maximum atomic E-state index is 13.1. The number of aliphatic hydroxyl groups excluding tert-OH is 1. The fourth-order valence-electron chi connectivity index (χ4n) is 2.47. The number of hydrogen-bond acceptors (Lipinski definition) is 3. The lowest BCUT2D eigenvalue weighted by Gasteiger charge is -2.18. The van der Waals surface area contributed by atoms with Crippen LogP contribution in [0.25, 0.3) is 11.1 Å². The highest BCUT2D eigenvalue weighted by Crippen LogP contribution is 2.33. The lowest BCUT2D eigenvalue weighted by molar-refractivity contribution is 0.280. The van der Waals surface area contributed by atoms with E-state index < -0.39 is 0 Å². The van der Waals surface area contributed by atoms with Gasteiger partial charge in [-0.15, -0.1) is 0 Å². The molecule has 1 heterocycles. The van der Waals surface area contributed by atoms with Gasteiger partial charge in [-0.25, -0.2) is 4.39 Å². The first kappa shape index (κ1) is 15.1. The third-order valence-corrected chi connectivity index (χ3v) is 3.46. The molecule has 0 aliphatic rings. The van der Waals surface area contributed by atoms with Crippen LogP contribution >= 0.6 is 0 Å². The SMILES string of the molecule is Cc1nc(C(C)C)c(CO)c(-c2ccc(F)cc2)c1C#N. The monoisotopic (exact) mass is 284 g/mol. The molecule has 2 aromatic rings. The van der Waals surface area contributed by atoms with Crippen LogP contribution in [0.2, 0.25) is 0 Å². The molecule has 0 unspecified atom stereocenters. The zero-order valence-electron chi connectivity index (χ0n) is 12.3. The van der Waals surface area contributed by atoms with Gasteiger partial charge in [0.2, 0.25) is 0 Å². The van der Waals surface area contributed by atoms with Crippen LogP contribution in [0.1, 0.15) is 42.3 Å². The number of benzene rings is 1. The Morgan fingerprint density at radius 1 is 1.29 bits per heavy atom. The summed E-state index contributed by atoms with van der Waals surface area (Å²) in [4.78, 5) is 4.46. The maximum absolute atomic E-state index is 13.1. The molecule has 0 aliphatic heterocycles. The van der Waals surface area contributed by atoms with Gasteiger partial charge in [-0.3, -0.25) is 4.98 Å². The van der Waals surface area contributed by atoms with E-state index >= 15 is 0 Å². The fraction of sp³-hybridized carbons (Fsp3) is 0.294. The number of pyridine rings is 1. The molecule has 1 aromatic carbocycles.